The van der Waals surface area contributed by atoms with E-state index in [2.05, 4.69) is 21.7 Å². The normalized spacial score (nSPS) is 14.4. The molecule has 1 aliphatic rings. The molecule has 20 heavy (non-hydrogen) atoms. The molecule has 0 fully saturated rings. The van der Waals surface area contributed by atoms with Crippen molar-refractivity contribution in [2.75, 3.05) is 18.4 Å². The maximum absolute atomic E-state index is 12.2. The summed E-state index contributed by atoms with van der Waals surface area (Å²) in [5.74, 6) is -0.0839. The molecule has 2 N–H and O–H groups in total. The summed E-state index contributed by atoms with van der Waals surface area (Å²) in [5, 5.41) is 8.82. The number of benzene rings is 1. The zero-order valence-electron chi connectivity index (χ0n) is 11.4. The number of hydrogen-bond donors (Lipinski definition) is 2. The van der Waals surface area contributed by atoms with Crippen LogP contribution in [-0.2, 0) is 12.8 Å². The first kappa shape index (κ1) is 13.3. The molecular formula is C15H17N3OS. The van der Waals surface area contributed by atoms with Crippen molar-refractivity contribution in [3.63, 3.8) is 0 Å². The lowest BCUT2D eigenvalue weighted by molar-refractivity contribution is 0.102. The van der Waals surface area contributed by atoms with E-state index in [4.69, 9.17) is 0 Å². The maximum atomic E-state index is 12.2. The Hall–Kier alpha value is -1.72. The minimum Gasteiger partial charge on any atom is -0.316 e. The van der Waals surface area contributed by atoms with Crippen LogP contribution in [0.2, 0.25) is 0 Å². The lowest BCUT2D eigenvalue weighted by Crippen LogP contribution is -2.16. The fourth-order valence-corrected chi connectivity index (χ4v) is 3.08. The molecular weight excluding hydrogens is 270 g/mol. The largest absolute Gasteiger partial charge is 0.316 e. The molecule has 4 nitrogen and oxygen atoms in total. The molecule has 1 amide bonds. The number of hydrogen-bond acceptors (Lipinski definition) is 4. The highest BCUT2D eigenvalue weighted by atomic mass is 32.1. The number of nitrogens with zero attached hydrogens (tertiary/aromatic N) is 1. The van der Waals surface area contributed by atoms with Crippen LogP contribution in [0.5, 0.6) is 0 Å². The van der Waals surface area contributed by atoms with E-state index in [-0.39, 0.29) is 5.91 Å². The number of thiazole rings is 1. The summed E-state index contributed by atoms with van der Waals surface area (Å²) in [6.07, 6.45) is 2.01. The standard InChI is InChI=1S/C15H17N3OS/c1-10-9-20-15(17-10)18-14(19)13-3-2-11-4-6-16-7-5-12(11)8-13/h2-3,8-9,16H,4-7H2,1H3,(H,17,18,19). The number of amides is 1. The van der Waals surface area contributed by atoms with Gasteiger partial charge in [0.05, 0.1) is 5.69 Å². The maximum Gasteiger partial charge on any atom is 0.257 e. The van der Waals surface area contributed by atoms with Gasteiger partial charge < -0.3 is 5.32 Å². The van der Waals surface area contributed by atoms with Gasteiger partial charge in [-0.1, -0.05) is 6.07 Å². The van der Waals surface area contributed by atoms with Crippen LogP contribution in [0.15, 0.2) is 23.6 Å². The summed E-state index contributed by atoms with van der Waals surface area (Å²) in [5.41, 5.74) is 4.26. The zero-order chi connectivity index (χ0) is 13.9. The molecule has 0 saturated heterocycles. The molecule has 104 valence electrons. The van der Waals surface area contributed by atoms with Crippen molar-refractivity contribution in [1.82, 2.24) is 10.3 Å². The lowest BCUT2D eigenvalue weighted by atomic mass is 10.00. The van der Waals surface area contributed by atoms with Gasteiger partial charge in [-0.05, 0) is 56.1 Å². The Labute approximate surface area is 122 Å². The van der Waals surface area contributed by atoms with E-state index < -0.39 is 0 Å². The van der Waals surface area contributed by atoms with Crippen molar-refractivity contribution in [3.05, 3.63) is 46.0 Å². The molecule has 0 bridgehead atoms. The van der Waals surface area contributed by atoms with Gasteiger partial charge in [0, 0.05) is 10.9 Å². The number of rotatable bonds is 2. The molecule has 0 aliphatic carbocycles. The molecule has 1 aromatic carbocycles. The Bertz CT molecular complexity index is 636. The van der Waals surface area contributed by atoms with Gasteiger partial charge in [0.1, 0.15) is 0 Å². The van der Waals surface area contributed by atoms with Crippen LogP contribution in [0.25, 0.3) is 0 Å². The van der Waals surface area contributed by atoms with Crippen molar-refractivity contribution < 1.29 is 4.79 Å². The second-order valence-electron chi connectivity index (χ2n) is 4.98. The Morgan fingerprint density at radius 1 is 1.30 bits per heavy atom. The monoisotopic (exact) mass is 287 g/mol. The average Bonchev–Trinajstić information content (AvgIpc) is 2.72. The molecule has 0 radical (unpaired) electrons. The van der Waals surface area contributed by atoms with Crippen LogP contribution >= 0.6 is 11.3 Å². The first-order valence-corrected chi connectivity index (χ1v) is 7.66. The van der Waals surface area contributed by atoms with Crippen molar-refractivity contribution in [2.45, 2.75) is 19.8 Å². The van der Waals surface area contributed by atoms with E-state index in [1.165, 1.54) is 22.5 Å². The molecule has 0 unspecified atom stereocenters. The summed E-state index contributed by atoms with van der Waals surface area (Å²) < 4.78 is 0. The van der Waals surface area contributed by atoms with Gasteiger partial charge in [0.15, 0.2) is 5.13 Å². The summed E-state index contributed by atoms with van der Waals surface area (Å²) in [6.45, 7) is 3.90. The van der Waals surface area contributed by atoms with Crippen LogP contribution in [0.3, 0.4) is 0 Å². The quantitative estimate of drug-likeness (QED) is 0.891. The molecule has 1 aliphatic heterocycles. The fraction of sp³-hybridized carbons (Fsp3) is 0.333. The summed E-state index contributed by atoms with van der Waals surface area (Å²) in [6, 6.07) is 5.99. The van der Waals surface area contributed by atoms with Crippen molar-refractivity contribution in [3.8, 4) is 0 Å². The summed E-state index contributed by atoms with van der Waals surface area (Å²) in [7, 11) is 0. The van der Waals surface area contributed by atoms with Gasteiger partial charge in [-0.3, -0.25) is 10.1 Å². The Morgan fingerprint density at radius 3 is 2.85 bits per heavy atom. The summed E-state index contributed by atoms with van der Waals surface area (Å²) in [4.78, 5) is 16.5. The minimum absolute atomic E-state index is 0.0839. The lowest BCUT2D eigenvalue weighted by Gasteiger charge is -2.08. The second kappa shape index (κ2) is 5.73. The van der Waals surface area contributed by atoms with Crippen molar-refractivity contribution in [1.29, 1.82) is 0 Å². The number of aromatic nitrogens is 1. The number of carbonyl (C=O) groups is 1. The van der Waals surface area contributed by atoms with Crippen LogP contribution in [0, 0.1) is 6.92 Å². The Morgan fingerprint density at radius 2 is 2.10 bits per heavy atom. The molecule has 2 aromatic rings. The minimum atomic E-state index is -0.0839. The number of carbonyl (C=O) groups excluding carboxylic acids is 1. The van der Waals surface area contributed by atoms with E-state index >= 15 is 0 Å². The van der Waals surface area contributed by atoms with Gasteiger partial charge in [-0.15, -0.1) is 11.3 Å². The third-order valence-corrected chi connectivity index (χ3v) is 4.33. The molecule has 5 heteroatoms. The van der Waals surface area contributed by atoms with E-state index in [9.17, 15) is 4.79 Å². The van der Waals surface area contributed by atoms with Gasteiger partial charge in [0.2, 0.25) is 0 Å². The van der Waals surface area contributed by atoms with Crippen LogP contribution in [-0.4, -0.2) is 24.0 Å². The van der Waals surface area contributed by atoms with Crippen LogP contribution in [0.1, 0.15) is 27.2 Å². The van der Waals surface area contributed by atoms with Gasteiger partial charge in [0.25, 0.3) is 5.91 Å². The first-order valence-electron chi connectivity index (χ1n) is 6.78. The number of anilines is 1. The topological polar surface area (TPSA) is 54.0 Å². The fourth-order valence-electron chi connectivity index (χ4n) is 2.40. The predicted octanol–water partition coefficient (Wildman–Crippen LogP) is 2.39. The highest BCUT2D eigenvalue weighted by molar-refractivity contribution is 7.13. The molecule has 0 saturated carbocycles. The average molecular weight is 287 g/mol. The third kappa shape index (κ3) is 2.89. The highest BCUT2D eigenvalue weighted by Crippen LogP contribution is 2.18. The zero-order valence-corrected chi connectivity index (χ0v) is 12.2. The molecule has 0 spiro atoms. The first-order chi connectivity index (χ1) is 9.72. The van der Waals surface area contributed by atoms with E-state index in [1.807, 2.05) is 24.4 Å². The van der Waals surface area contributed by atoms with E-state index in [1.54, 1.807) is 0 Å². The van der Waals surface area contributed by atoms with Crippen molar-refractivity contribution in [2.24, 2.45) is 0 Å². The number of aryl methyl sites for hydroxylation is 1. The highest BCUT2D eigenvalue weighted by Gasteiger charge is 2.12. The summed E-state index contributed by atoms with van der Waals surface area (Å²) >= 11 is 1.45. The van der Waals surface area contributed by atoms with E-state index in [0.29, 0.717) is 10.7 Å². The third-order valence-electron chi connectivity index (χ3n) is 3.45. The molecule has 0 atom stereocenters. The number of nitrogens with one attached hydrogen (secondary N) is 2. The molecule has 1 aromatic heterocycles. The van der Waals surface area contributed by atoms with E-state index in [0.717, 1.165) is 31.6 Å². The van der Waals surface area contributed by atoms with Crippen LogP contribution < -0.4 is 10.6 Å². The predicted molar refractivity (Wildman–Crippen MR) is 81.5 cm³/mol. The van der Waals surface area contributed by atoms with Gasteiger partial charge >= 0.3 is 0 Å². The number of fused-ring (bicyclic) bond motifs is 1. The SMILES string of the molecule is Cc1csc(NC(=O)c2ccc3c(c2)CCNCC3)n1. The van der Waals surface area contributed by atoms with Crippen molar-refractivity contribution >= 4 is 22.4 Å². The molecule has 2 heterocycles. The smallest absolute Gasteiger partial charge is 0.257 e. The van der Waals surface area contributed by atoms with Gasteiger partial charge in [-0.25, -0.2) is 4.98 Å². The Kier molecular flexibility index (Phi) is 3.80. The van der Waals surface area contributed by atoms with Gasteiger partial charge in [-0.2, -0.15) is 0 Å². The molecule has 3 rings (SSSR count). The van der Waals surface area contributed by atoms with Crippen LogP contribution in [0.4, 0.5) is 5.13 Å². The second-order valence-corrected chi connectivity index (χ2v) is 5.84. The Balaban J connectivity index is 1.79.